The van der Waals surface area contributed by atoms with E-state index in [9.17, 15) is 9.90 Å². The maximum absolute atomic E-state index is 12.6. The number of aliphatic imine (C=N–C) groups is 1. The number of carbonyl (C=O) groups is 1. The normalized spacial score (nSPS) is 14.8. The molecule has 2 aromatic rings. The first-order valence-electron chi connectivity index (χ1n) is 9.17. The molecule has 1 aromatic heterocycles. The van der Waals surface area contributed by atoms with Gasteiger partial charge in [-0.25, -0.2) is 0 Å². The predicted molar refractivity (Wildman–Crippen MR) is 120 cm³/mol. The monoisotopic (exact) mass is 498 g/mol. The Kier molecular flexibility index (Phi) is 8.09. The van der Waals surface area contributed by atoms with E-state index in [1.807, 2.05) is 37.2 Å². The van der Waals surface area contributed by atoms with Crippen LogP contribution in [-0.2, 0) is 18.3 Å². The zero-order valence-corrected chi connectivity index (χ0v) is 18.5. The van der Waals surface area contributed by atoms with Gasteiger partial charge in [0.15, 0.2) is 5.96 Å². The molecule has 0 bridgehead atoms. The van der Waals surface area contributed by atoms with E-state index < -0.39 is 0 Å². The second-order valence-corrected chi connectivity index (χ2v) is 6.49. The summed E-state index contributed by atoms with van der Waals surface area (Å²) in [6.07, 6.45) is 4.34. The molecule has 8 nitrogen and oxygen atoms in total. The zero-order chi connectivity index (χ0) is 19.2. The summed E-state index contributed by atoms with van der Waals surface area (Å²) in [7, 11) is 1.84. The number of hydrogen-bond donors (Lipinski definition) is 2. The van der Waals surface area contributed by atoms with Crippen molar-refractivity contribution in [1.82, 2.24) is 20.0 Å². The Labute approximate surface area is 182 Å². The fourth-order valence-electron chi connectivity index (χ4n) is 3.05. The lowest BCUT2D eigenvalue weighted by Gasteiger charge is -2.35. The van der Waals surface area contributed by atoms with Gasteiger partial charge in [-0.3, -0.25) is 14.5 Å². The summed E-state index contributed by atoms with van der Waals surface area (Å²) >= 11 is 0. The largest absolute Gasteiger partial charge is 0.508 e. The number of aromatic hydroxyl groups is 1. The second-order valence-electron chi connectivity index (χ2n) is 6.49. The van der Waals surface area contributed by atoms with E-state index in [2.05, 4.69) is 15.4 Å². The van der Waals surface area contributed by atoms with Gasteiger partial charge >= 0.3 is 0 Å². The number of guanidine groups is 1. The summed E-state index contributed by atoms with van der Waals surface area (Å²) in [6.45, 7) is 4.99. The first kappa shape index (κ1) is 22.0. The Balaban J connectivity index is 0.00000280. The van der Waals surface area contributed by atoms with Crippen molar-refractivity contribution in [2.75, 3.05) is 37.6 Å². The van der Waals surface area contributed by atoms with Crippen LogP contribution < -0.4 is 10.2 Å². The van der Waals surface area contributed by atoms with Crippen molar-refractivity contribution >= 4 is 41.5 Å². The number of phenols is 1. The molecular weight excluding hydrogens is 471 g/mol. The fourth-order valence-corrected chi connectivity index (χ4v) is 3.05. The minimum atomic E-state index is 0. The lowest BCUT2D eigenvalue weighted by atomic mass is 10.1. The van der Waals surface area contributed by atoms with Crippen molar-refractivity contribution in [3.05, 3.63) is 42.2 Å². The van der Waals surface area contributed by atoms with Crippen molar-refractivity contribution < 1.29 is 9.90 Å². The van der Waals surface area contributed by atoms with Crippen molar-refractivity contribution in [2.24, 2.45) is 12.0 Å². The third-order valence-corrected chi connectivity index (χ3v) is 4.46. The van der Waals surface area contributed by atoms with E-state index >= 15 is 0 Å². The quantitative estimate of drug-likeness (QED) is 0.372. The van der Waals surface area contributed by atoms with Crippen LogP contribution in [0.1, 0.15) is 12.5 Å². The van der Waals surface area contributed by atoms with Crippen LogP contribution in [0.3, 0.4) is 0 Å². The van der Waals surface area contributed by atoms with Gasteiger partial charge in [-0.1, -0.05) is 12.1 Å². The molecule has 0 spiro atoms. The van der Waals surface area contributed by atoms with Gasteiger partial charge in [0.25, 0.3) is 0 Å². The van der Waals surface area contributed by atoms with Gasteiger partial charge in [0.05, 0.1) is 11.9 Å². The zero-order valence-electron chi connectivity index (χ0n) is 16.2. The molecule has 3 rings (SSSR count). The van der Waals surface area contributed by atoms with Crippen molar-refractivity contribution in [1.29, 1.82) is 0 Å². The standard InChI is InChI=1S/C19H26N6O2.HI/c1-3-20-19(21-9-8-15-4-6-17(26)7-5-15)24-10-11-25(18(27)14-24)16-12-22-23(2)13-16;/h4-7,12-13,26H,3,8-11,14H2,1-2H3,(H,20,21);1H. The number of benzene rings is 1. The Morgan fingerprint density at radius 3 is 2.64 bits per heavy atom. The molecular formula is C19H27IN6O2. The van der Waals surface area contributed by atoms with Crippen molar-refractivity contribution in [3.8, 4) is 5.75 Å². The predicted octanol–water partition coefficient (Wildman–Crippen LogP) is 1.60. The number of halogens is 1. The molecule has 0 aliphatic carbocycles. The molecule has 28 heavy (non-hydrogen) atoms. The van der Waals surface area contributed by atoms with Crippen LogP contribution >= 0.6 is 24.0 Å². The number of carbonyl (C=O) groups excluding carboxylic acids is 1. The van der Waals surface area contributed by atoms with E-state index in [0.717, 1.165) is 30.2 Å². The number of piperazine rings is 1. The number of amides is 1. The maximum Gasteiger partial charge on any atom is 0.246 e. The van der Waals surface area contributed by atoms with Crippen molar-refractivity contribution in [2.45, 2.75) is 13.3 Å². The van der Waals surface area contributed by atoms with Gasteiger partial charge in [0.2, 0.25) is 5.91 Å². The lowest BCUT2D eigenvalue weighted by Crippen LogP contribution is -2.55. The molecule has 1 aliphatic heterocycles. The topological polar surface area (TPSA) is 86.0 Å². The highest BCUT2D eigenvalue weighted by molar-refractivity contribution is 14.0. The molecule has 1 amide bonds. The minimum absolute atomic E-state index is 0. The number of hydrogen-bond acceptors (Lipinski definition) is 4. The third-order valence-electron chi connectivity index (χ3n) is 4.46. The number of aryl methyl sites for hydroxylation is 1. The second kappa shape index (κ2) is 10.3. The first-order valence-corrected chi connectivity index (χ1v) is 9.17. The minimum Gasteiger partial charge on any atom is -0.508 e. The molecule has 0 atom stereocenters. The molecule has 152 valence electrons. The number of anilines is 1. The molecule has 0 radical (unpaired) electrons. The number of rotatable bonds is 5. The molecule has 0 saturated carbocycles. The number of nitrogens with one attached hydrogen (secondary N) is 1. The van der Waals surface area contributed by atoms with Crippen molar-refractivity contribution in [3.63, 3.8) is 0 Å². The van der Waals surface area contributed by atoms with E-state index in [1.54, 1.807) is 27.9 Å². The number of nitrogens with zero attached hydrogens (tertiary/aromatic N) is 5. The van der Waals surface area contributed by atoms with Crippen LogP contribution in [0.4, 0.5) is 5.69 Å². The highest BCUT2D eigenvalue weighted by atomic mass is 127. The van der Waals surface area contributed by atoms with Gasteiger partial charge in [-0.05, 0) is 31.0 Å². The first-order chi connectivity index (χ1) is 13.1. The number of phenolic OH excluding ortho intramolecular Hbond substituents is 1. The molecule has 1 saturated heterocycles. The maximum atomic E-state index is 12.6. The summed E-state index contributed by atoms with van der Waals surface area (Å²) in [5, 5.41) is 16.8. The molecule has 0 unspecified atom stereocenters. The Hall–Kier alpha value is -2.30. The van der Waals surface area contributed by atoms with E-state index in [1.165, 1.54) is 0 Å². The van der Waals surface area contributed by atoms with Crippen LogP contribution in [0, 0.1) is 0 Å². The molecule has 1 aromatic carbocycles. The highest BCUT2D eigenvalue weighted by Crippen LogP contribution is 2.16. The van der Waals surface area contributed by atoms with Crippen LogP contribution in [0.5, 0.6) is 5.75 Å². The SMILES string of the molecule is CCNC(=NCCc1ccc(O)cc1)N1CCN(c2cnn(C)c2)C(=O)C1.I. The van der Waals surface area contributed by atoms with E-state index in [0.29, 0.717) is 26.2 Å². The summed E-state index contributed by atoms with van der Waals surface area (Å²) < 4.78 is 1.70. The third kappa shape index (κ3) is 5.60. The van der Waals surface area contributed by atoms with Gasteiger partial charge in [-0.2, -0.15) is 5.10 Å². The van der Waals surface area contributed by atoms with Gasteiger partial charge in [0.1, 0.15) is 12.3 Å². The summed E-state index contributed by atoms with van der Waals surface area (Å²) in [4.78, 5) is 21.0. The molecule has 2 N–H and O–H groups in total. The number of aromatic nitrogens is 2. The average Bonchev–Trinajstić information content (AvgIpc) is 3.08. The van der Waals surface area contributed by atoms with Gasteiger partial charge < -0.3 is 20.2 Å². The van der Waals surface area contributed by atoms with Crippen LogP contribution in [0.15, 0.2) is 41.7 Å². The van der Waals surface area contributed by atoms with E-state index in [4.69, 9.17) is 0 Å². The highest BCUT2D eigenvalue weighted by Gasteiger charge is 2.27. The Morgan fingerprint density at radius 1 is 1.29 bits per heavy atom. The average molecular weight is 498 g/mol. The van der Waals surface area contributed by atoms with Gasteiger partial charge in [-0.15, -0.1) is 24.0 Å². The fraction of sp³-hybridized carbons (Fsp3) is 0.421. The van der Waals surface area contributed by atoms with E-state index in [-0.39, 0.29) is 35.6 Å². The molecule has 2 heterocycles. The molecule has 9 heteroatoms. The van der Waals surface area contributed by atoms with Crippen LogP contribution in [-0.4, -0.2) is 64.4 Å². The Morgan fingerprint density at radius 2 is 2.04 bits per heavy atom. The summed E-state index contributed by atoms with van der Waals surface area (Å²) in [5.41, 5.74) is 1.95. The van der Waals surface area contributed by atoms with Crippen LogP contribution in [0.2, 0.25) is 0 Å². The molecule has 1 fully saturated rings. The summed E-state index contributed by atoms with van der Waals surface area (Å²) in [5.74, 6) is 1.06. The molecule has 1 aliphatic rings. The Bertz CT molecular complexity index is 805. The smallest absolute Gasteiger partial charge is 0.246 e. The summed E-state index contributed by atoms with van der Waals surface area (Å²) in [6, 6.07) is 7.16. The lowest BCUT2D eigenvalue weighted by molar-refractivity contribution is -0.120. The van der Waals surface area contributed by atoms with Gasteiger partial charge in [0, 0.05) is 39.4 Å². The van der Waals surface area contributed by atoms with Crippen LogP contribution in [0.25, 0.3) is 0 Å².